The Hall–Kier alpha value is -2.37. The van der Waals surface area contributed by atoms with E-state index >= 15 is 0 Å². The number of carbonyl (C=O) groups is 2. The normalized spacial score (nSPS) is 17.2. The molecule has 2 aromatic carbocycles. The third-order valence-corrected chi connectivity index (χ3v) is 4.31. The molecule has 1 atom stereocenters. The van der Waals surface area contributed by atoms with Crippen LogP contribution in [0.4, 0.5) is 0 Å². The molecular weight excluding hydrogens is 340 g/mol. The van der Waals surface area contributed by atoms with Crippen molar-refractivity contribution in [1.82, 2.24) is 10.2 Å². The van der Waals surface area contributed by atoms with Crippen LogP contribution in [0.2, 0.25) is 5.02 Å². The molecule has 6 heteroatoms. The molecule has 1 heterocycles. The highest BCUT2D eigenvalue weighted by Gasteiger charge is 2.25. The minimum absolute atomic E-state index is 0.0488. The van der Waals surface area contributed by atoms with Gasteiger partial charge in [0.1, 0.15) is 6.10 Å². The summed E-state index contributed by atoms with van der Waals surface area (Å²) in [4.78, 5) is 26.2. The van der Waals surface area contributed by atoms with Crippen LogP contribution in [0.25, 0.3) is 0 Å². The standard InChI is InChI=1S/C19H19ClN2O3/c20-16-8-4-7-15(11-16)19(24)21-12-18(23)22-9-10-25-17(13-22)14-5-2-1-3-6-14/h1-8,11,17H,9-10,12-13H2,(H,21,24). The summed E-state index contributed by atoms with van der Waals surface area (Å²) in [5, 5.41) is 3.13. The van der Waals surface area contributed by atoms with E-state index in [2.05, 4.69) is 5.32 Å². The molecule has 0 radical (unpaired) electrons. The number of rotatable bonds is 4. The molecule has 1 unspecified atom stereocenters. The minimum Gasteiger partial charge on any atom is -0.370 e. The zero-order chi connectivity index (χ0) is 17.6. The van der Waals surface area contributed by atoms with E-state index in [4.69, 9.17) is 16.3 Å². The Morgan fingerprint density at radius 2 is 1.96 bits per heavy atom. The van der Waals surface area contributed by atoms with Crippen LogP contribution in [0.3, 0.4) is 0 Å². The molecule has 1 fully saturated rings. The number of morpholine rings is 1. The average molecular weight is 359 g/mol. The van der Waals surface area contributed by atoms with Gasteiger partial charge >= 0.3 is 0 Å². The summed E-state index contributed by atoms with van der Waals surface area (Å²) in [5.74, 6) is -0.441. The topological polar surface area (TPSA) is 58.6 Å². The van der Waals surface area contributed by atoms with Crippen molar-refractivity contribution in [2.45, 2.75) is 6.10 Å². The third-order valence-electron chi connectivity index (χ3n) is 4.08. The first-order valence-corrected chi connectivity index (χ1v) is 8.49. The van der Waals surface area contributed by atoms with Crippen LogP contribution in [-0.2, 0) is 9.53 Å². The van der Waals surface area contributed by atoms with Gasteiger partial charge in [-0.1, -0.05) is 48.0 Å². The fourth-order valence-electron chi connectivity index (χ4n) is 2.74. The molecule has 0 aliphatic carbocycles. The summed E-state index contributed by atoms with van der Waals surface area (Å²) in [6, 6.07) is 16.4. The van der Waals surface area contributed by atoms with E-state index in [1.807, 2.05) is 30.3 Å². The number of amides is 2. The van der Waals surface area contributed by atoms with E-state index < -0.39 is 0 Å². The molecule has 1 N–H and O–H groups in total. The van der Waals surface area contributed by atoms with Gasteiger partial charge in [0, 0.05) is 17.1 Å². The fraction of sp³-hybridized carbons (Fsp3) is 0.263. The highest BCUT2D eigenvalue weighted by Crippen LogP contribution is 2.21. The molecule has 25 heavy (non-hydrogen) atoms. The quantitative estimate of drug-likeness (QED) is 0.914. The van der Waals surface area contributed by atoms with Crippen molar-refractivity contribution >= 4 is 23.4 Å². The summed E-state index contributed by atoms with van der Waals surface area (Å²) >= 11 is 5.88. The molecule has 3 rings (SSSR count). The van der Waals surface area contributed by atoms with Gasteiger partial charge in [-0.05, 0) is 23.8 Å². The van der Waals surface area contributed by atoms with Crippen molar-refractivity contribution in [2.24, 2.45) is 0 Å². The first-order valence-electron chi connectivity index (χ1n) is 8.11. The zero-order valence-corrected chi connectivity index (χ0v) is 14.4. The second kappa shape index (κ2) is 8.14. The molecule has 130 valence electrons. The zero-order valence-electron chi connectivity index (χ0n) is 13.7. The monoisotopic (exact) mass is 358 g/mol. The van der Waals surface area contributed by atoms with E-state index in [9.17, 15) is 9.59 Å². The first kappa shape index (κ1) is 17.5. The highest BCUT2D eigenvalue weighted by atomic mass is 35.5. The van der Waals surface area contributed by atoms with Gasteiger partial charge in [0.25, 0.3) is 5.91 Å². The number of nitrogens with zero attached hydrogens (tertiary/aromatic N) is 1. The van der Waals surface area contributed by atoms with Gasteiger partial charge in [0.2, 0.25) is 5.91 Å². The number of hydrogen-bond donors (Lipinski definition) is 1. The number of halogens is 1. The van der Waals surface area contributed by atoms with Crippen LogP contribution in [-0.4, -0.2) is 43.0 Å². The first-order chi connectivity index (χ1) is 12.1. The minimum atomic E-state index is -0.316. The van der Waals surface area contributed by atoms with E-state index in [1.165, 1.54) is 0 Å². The lowest BCUT2D eigenvalue weighted by Crippen LogP contribution is -2.46. The van der Waals surface area contributed by atoms with Gasteiger partial charge < -0.3 is 15.0 Å². The molecule has 1 aliphatic rings. The summed E-state index contributed by atoms with van der Waals surface area (Å²) in [6.07, 6.45) is -0.137. The summed E-state index contributed by atoms with van der Waals surface area (Å²) < 4.78 is 5.76. The predicted octanol–water partition coefficient (Wildman–Crippen LogP) is 2.67. The molecule has 2 amide bonds. The summed E-state index contributed by atoms with van der Waals surface area (Å²) in [6.45, 7) is 1.44. The largest absolute Gasteiger partial charge is 0.370 e. The van der Waals surface area contributed by atoms with Crippen molar-refractivity contribution in [2.75, 3.05) is 26.2 Å². The van der Waals surface area contributed by atoms with Gasteiger partial charge in [-0.15, -0.1) is 0 Å². The number of carbonyl (C=O) groups excluding carboxylic acids is 2. The van der Waals surface area contributed by atoms with Crippen molar-refractivity contribution in [3.63, 3.8) is 0 Å². The second-order valence-corrected chi connectivity index (χ2v) is 6.24. The predicted molar refractivity (Wildman–Crippen MR) is 95.5 cm³/mol. The maximum absolute atomic E-state index is 12.4. The molecule has 2 aromatic rings. The van der Waals surface area contributed by atoms with Crippen LogP contribution in [0.5, 0.6) is 0 Å². The molecule has 0 saturated carbocycles. The Morgan fingerprint density at radius 1 is 1.16 bits per heavy atom. The Morgan fingerprint density at radius 3 is 2.72 bits per heavy atom. The highest BCUT2D eigenvalue weighted by molar-refractivity contribution is 6.30. The van der Waals surface area contributed by atoms with Crippen LogP contribution < -0.4 is 5.32 Å². The van der Waals surface area contributed by atoms with E-state index in [0.717, 1.165) is 5.56 Å². The maximum Gasteiger partial charge on any atom is 0.251 e. The lowest BCUT2D eigenvalue weighted by molar-refractivity contribution is -0.137. The fourth-order valence-corrected chi connectivity index (χ4v) is 2.93. The molecule has 0 aromatic heterocycles. The molecule has 0 spiro atoms. The van der Waals surface area contributed by atoms with Crippen molar-refractivity contribution in [1.29, 1.82) is 0 Å². The second-order valence-electron chi connectivity index (χ2n) is 5.80. The molecule has 5 nitrogen and oxygen atoms in total. The van der Waals surface area contributed by atoms with Gasteiger partial charge in [-0.25, -0.2) is 0 Å². The Kier molecular flexibility index (Phi) is 5.68. The number of ether oxygens (including phenoxy) is 1. The van der Waals surface area contributed by atoms with Crippen LogP contribution >= 0.6 is 11.6 Å². The van der Waals surface area contributed by atoms with E-state index in [1.54, 1.807) is 29.2 Å². The lowest BCUT2D eigenvalue weighted by atomic mass is 10.1. The number of hydrogen-bond acceptors (Lipinski definition) is 3. The SMILES string of the molecule is O=C(NCC(=O)N1CCOC(c2ccccc2)C1)c1cccc(Cl)c1. The summed E-state index contributed by atoms with van der Waals surface area (Å²) in [7, 11) is 0. The lowest BCUT2D eigenvalue weighted by Gasteiger charge is -2.33. The smallest absolute Gasteiger partial charge is 0.251 e. The van der Waals surface area contributed by atoms with Gasteiger partial charge in [0.05, 0.1) is 19.7 Å². The average Bonchev–Trinajstić information content (AvgIpc) is 2.66. The van der Waals surface area contributed by atoms with E-state index in [0.29, 0.717) is 30.3 Å². The Bertz CT molecular complexity index is 751. The Balaban J connectivity index is 1.55. The van der Waals surface area contributed by atoms with Gasteiger partial charge in [0.15, 0.2) is 0 Å². The van der Waals surface area contributed by atoms with Crippen molar-refractivity contribution in [3.8, 4) is 0 Å². The number of nitrogens with one attached hydrogen (secondary N) is 1. The maximum atomic E-state index is 12.4. The summed E-state index contributed by atoms with van der Waals surface area (Å²) in [5.41, 5.74) is 1.48. The molecule has 1 saturated heterocycles. The molecule has 1 aliphatic heterocycles. The molecule has 0 bridgehead atoms. The van der Waals surface area contributed by atoms with Gasteiger partial charge in [-0.3, -0.25) is 9.59 Å². The number of benzene rings is 2. The van der Waals surface area contributed by atoms with E-state index in [-0.39, 0.29) is 24.5 Å². The van der Waals surface area contributed by atoms with Crippen molar-refractivity contribution in [3.05, 3.63) is 70.7 Å². The molecular formula is C19H19ClN2O3. The van der Waals surface area contributed by atoms with Crippen molar-refractivity contribution < 1.29 is 14.3 Å². The van der Waals surface area contributed by atoms with Crippen LogP contribution in [0.15, 0.2) is 54.6 Å². The van der Waals surface area contributed by atoms with Gasteiger partial charge in [-0.2, -0.15) is 0 Å². The third kappa shape index (κ3) is 4.59. The Labute approximate surface area is 151 Å². The van der Waals surface area contributed by atoms with Crippen LogP contribution in [0, 0.1) is 0 Å². The van der Waals surface area contributed by atoms with Crippen LogP contribution in [0.1, 0.15) is 22.0 Å².